The van der Waals surface area contributed by atoms with E-state index in [-0.39, 0.29) is 0 Å². The molecule has 0 atom stereocenters. The van der Waals surface area contributed by atoms with Gasteiger partial charge in [-0.05, 0) is 36.2 Å². The lowest BCUT2D eigenvalue weighted by Crippen LogP contribution is -2.22. The Bertz CT molecular complexity index is 606. The van der Waals surface area contributed by atoms with E-state index in [0.717, 1.165) is 22.8 Å². The van der Waals surface area contributed by atoms with Crippen LogP contribution in [0.2, 0.25) is 0 Å². The molecular formula is C17H19F2N. The average Bonchev–Trinajstić information content (AvgIpc) is 2.40. The second-order valence-corrected chi connectivity index (χ2v) is 5.32. The van der Waals surface area contributed by atoms with Crippen LogP contribution in [-0.4, -0.2) is 6.04 Å². The second kappa shape index (κ2) is 6.14. The zero-order valence-electron chi connectivity index (χ0n) is 12.0. The van der Waals surface area contributed by atoms with Crippen molar-refractivity contribution in [1.82, 2.24) is 5.32 Å². The molecule has 2 aromatic rings. The molecular weight excluding hydrogens is 256 g/mol. The first-order valence-electron chi connectivity index (χ1n) is 6.75. The monoisotopic (exact) mass is 275 g/mol. The van der Waals surface area contributed by atoms with E-state index in [9.17, 15) is 8.78 Å². The first kappa shape index (κ1) is 14.7. The standard InChI is InChI=1S/C17H19F2N/c1-11(2)20-10-13-5-4-12(3)8-15(13)16-9-14(18)6-7-17(16)19/h4-9,11,20H,10H2,1-3H3. The van der Waals surface area contributed by atoms with Crippen LogP contribution in [0.3, 0.4) is 0 Å². The van der Waals surface area contributed by atoms with Crippen molar-refractivity contribution in [1.29, 1.82) is 0 Å². The molecule has 2 rings (SSSR count). The van der Waals surface area contributed by atoms with Crippen LogP contribution in [0.5, 0.6) is 0 Å². The molecule has 0 bridgehead atoms. The predicted octanol–water partition coefficient (Wildman–Crippen LogP) is 4.44. The summed E-state index contributed by atoms with van der Waals surface area (Å²) in [6.07, 6.45) is 0. The van der Waals surface area contributed by atoms with Crippen molar-refractivity contribution < 1.29 is 8.78 Å². The minimum Gasteiger partial charge on any atom is -0.310 e. The van der Waals surface area contributed by atoms with Crippen LogP contribution >= 0.6 is 0 Å². The molecule has 0 aliphatic heterocycles. The van der Waals surface area contributed by atoms with Crippen molar-refractivity contribution in [3.05, 3.63) is 59.2 Å². The molecule has 20 heavy (non-hydrogen) atoms. The van der Waals surface area contributed by atoms with Crippen LogP contribution in [-0.2, 0) is 6.54 Å². The van der Waals surface area contributed by atoms with E-state index in [1.165, 1.54) is 12.1 Å². The fourth-order valence-corrected chi connectivity index (χ4v) is 2.11. The Hall–Kier alpha value is -1.74. The zero-order chi connectivity index (χ0) is 14.7. The van der Waals surface area contributed by atoms with Gasteiger partial charge in [-0.2, -0.15) is 0 Å². The molecule has 0 saturated carbocycles. The van der Waals surface area contributed by atoms with Gasteiger partial charge in [0.25, 0.3) is 0 Å². The number of hydrogen-bond donors (Lipinski definition) is 1. The molecule has 0 aliphatic rings. The van der Waals surface area contributed by atoms with Gasteiger partial charge in [-0.1, -0.05) is 37.6 Å². The highest BCUT2D eigenvalue weighted by molar-refractivity contribution is 5.68. The third-order valence-corrected chi connectivity index (χ3v) is 3.18. The molecule has 0 aromatic heterocycles. The number of rotatable bonds is 4. The number of aryl methyl sites for hydroxylation is 1. The summed E-state index contributed by atoms with van der Waals surface area (Å²) in [5.74, 6) is -0.825. The molecule has 0 amide bonds. The van der Waals surface area contributed by atoms with Crippen LogP contribution in [0.4, 0.5) is 8.78 Å². The van der Waals surface area contributed by atoms with Gasteiger partial charge in [0.15, 0.2) is 0 Å². The van der Waals surface area contributed by atoms with E-state index < -0.39 is 11.6 Å². The first-order chi connectivity index (χ1) is 9.47. The van der Waals surface area contributed by atoms with Gasteiger partial charge in [0.1, 0.15) is 11.6 Å². The molecule has 0 fully saturated rings. The Morgan fingerprint density at radius 2 is 1.75 bits per heavy atom. The Morgan fingerprint density at radius 1 is 1.00 bits per heavy atom. The molecule has 106 valence electrons. The predicted molar refractivity (Wildman–Crippen MR) is 78.5 cm³/mol. The van der Waals surface area contributed by atoms with Crippen LogP contribution in [0.25, 0.3) is 11.1 Å². The second-order valence-electron chi connectivity index (χ2n) is 5.32. The molecule has 0 radical (unpaired) electrons. The van der Waals surface area contributed by atoms with Gasteiger partial charge in [0, 0.05) is 18.2 Å². The molecule has 0 spiro atoms. The quantitative estimate of drug-likeness (QED) is 0.870. The van der Waals surface area contributed by atoms with E-state index >= 15 is 0 Å². The summed E-state index contributed by atoms with van der Waals surface area (Å²) in [6.45, 7) is 6.68. The smallest absolute Gasteiger partial charge is 0.131 e. The third kappa shape index (κ3) is 3.42. The van der Waals surface area contributed by atoms with Gasteiger partial charge >= 0.3 is 0 Å². The lowest BCUT2D eigenvalue weighted by atomic mass is 9.97. The maximum Gasteiger partial charge on any atom is 0.131 e. The van der Waals surface area contributed by atoms with Gasteiger partial charge in [0.2, 0.25) is 0 Å². The largest absolute Gasteiger partial charge is 0.310 e. The summed E-state index contributed by atoms with van der Waals surface area (Å²) >= 11 is 0. The minimum absolute atomic E-state index is 0.314. The van der Waals surface area contributed by atoms with Crippen LogP contribution in [0.15, 0.2) is 36.4 Å². The number of benzene rings is 2. The molecule has 2 aromatic carbocycles. The Kier molecular flexibility index (Phi) is 4.50. The maximum absolute atomic E-state index is 14.0. The van der Waals surface area contributed by atoms with Crippen LogP contribution in [0, 0.1) is 18.6 Å². The minimum atomic E-state index is -0.425. The lowest BCUT2D eigenvalue weighted by molar-refractivity contribution is 0.587. The maximum atomic E-state index is 14.0. The van der Waals surface area contributed by atoms with Gasteiger partial charge in [-0.3, -0.25) is 0 Å². The summed E-state index contributed by atoms with van der Waals surface area (Å²) in [7, 11) is 0. The fraction of sp³-hybridized carbons (Fsp3) is 0.294. The van der Waals surface area contributed by atoms with E-state index in [0.29, 0.717) is 18.2 Å². The van der Waals surface area contributed by atoms with Crippen molar-refractivity contribution in [2.45, 2.75) is 33.4 Å². The van der Waals surface area contributed by atoms with E-state index in [2.05, 4.69) is 19.2 Å². The fourth-order valence-electron chi connectivity index (χ4n) is 2.11. The van der Waals surface area contributed by atoms with E-state index in [1.54, 1.807) is 0 Å². The van der Waals surface area contributed by atoms with E-state index in [1.807, 2.05) is 25.1 Å². The summed E-state index contributed by atoms with van der Waals surface area (Å²) < 4.78 is 27.4. The average molecular weight is 275 g/mol. The topological polar surface area (TPSA) is 12.0 Å². The summed E-state index contributed by atoms with van der Waals surface area (Å²) in [5.41, 5.74) is 3.05. The Labute approximate surface area is 118 Å². The summed E-state index contributed by atoms with van der Waals surface area (Å²) in [5, 5.41) is 3.31. The lowest BCUT2D eigenvalue weighted by Gasteiger charge is -2.14. The highest BCUT2D eigenvalue weighted by Gasteiger charge is 2.11. The van der Waals surface area contributed by atoms with Gasteiger partial charge in [-0.25, -0.2) is 8.78 Å². The van der Waals surface area contributed by atoms with Crippen molar-refractivity contribution in [2.75, 3.05) is 0 Å². The van der Waals surface area contributed by atoms with Crippen LogP contribution < -0.4 is 5.32 Å². The molecule has 0 aliphatic carbocycles. The van der Waals surface area contributed by atoms with Crippen molar-refractivity contribution in [2.24, 2.45) is 0 Å². The van der Waals surface area contributed by atoms with Crippen LogP contribution in [0.1, 0.15) is 25.0 Å². The summed E-state index contributed by atoms with van der Waals surface area (Å²) in [6, 6.07) is 9.75. The SMILES string of the molecule is Cc1ccc(CNC(C)C)c(-c2cc(F)ccc2F)c1. The third-order valence-electron chi connectivity index (χ3n) is 3.18. The van der Waals surface area contributed by atoms with Gasteiger partial charge in [-0.15, -0.1) is 0 Å². The van der Waals surface area contributed by atoms with Crippen molar-refractivity contribution in [3.8, 4) is 11.1 Å². The Morgan fingerprint density at radius 3 is 2.45 bits per heavy atom. The molecule has 1 nitrogen and oxygen atoms in total. The van der Waals surface area contributed by atoms with Gasteiger partial charge in [0.05, 0.1) is 0 Å². The zero-order valence-corrected chi connectivity index (χ0v) is 12.0. The number of hydrogen-bond acceptors (Lipinski definition) is 1. The summed E-state index contributed by atoms with van der Waals surface area (Å²) in [4.78, 5) is 0. The molecule has 1 N–H and O–H groups in total. The Balaban J connectivity index is 2.48. The van der Waals surface area contributed by atoms with E-state index in [4.69, 9.17) is 0 Å². The highest BCUT2D eigenvalue weighted by Crippen LogP contribution is 2.28. The van der Waals surface area contributed by atoms with Gasteiger partial charge < -0.3 is 5.32 Å². The molecule has 0 heterocycles. The number of halogens is 2. The normalized spacial score (nSPS) is 11.1. The number of nitrogens with one attached hydrogen (secondary N) is 1. The van der Waals surface area contributed by atoms with Crippen molar-refractivity contribution in [3.63, 3.8) is 0 Å². The van der Waals surface area contributed by atoms with Crippen molar-refractivity contribution >= 4 is 0 Å². The molecule has 0 saturated heterocycles. The highest BCUT2D eigenvalue weighted by atomic mass is 19.1. The molecule has 3 heteroatoms. The molecule has 0 unspecified atom stereocenters. The first-order valence-corrected chi connectivity index (χ1v) is 6.75.